The number of aryl methyl sites for hydroxylation is 2. The first kappa shape index (κ1) is 12.2. The number of rotatable bonds is 6. The summed E-state index contributed by atoms with van der Waals surface area (Å²) in [5, 5.41) is 7.98. The molecule has 1 rings (SSSR count). The van der Waals surface area contributed by atoms with Gasteiger partial charge in [-0.3, -0.25) is 4.68 Å². The van der Waals surface area contributed by atoms with Crippen LogP contribution in [0.25, 0.3) is 0 Å². The summed E-state index contributed by atoms with van der Waals surface area (Å²) >= 11 is 0. The van der Waals surface area contributed by atoms with Gasteiger partial charge in [-0.2, -0.15) is 5.10 Å². The molecule has 0 fully saturated rings. The van der Waals surface area contributed by atoms with E-state index >= 15 is 0 Å². The van der Waals surface area contributed by atoms with Crippen molar-refractivity contribution in [3.8, 4) is 0 Å². The topological polar surface area (TPSA) is 29.9 Å². The third-order valence-electron chi connectivity index (χ3n) is 2.61. The molecular weight excluding hydrogens is 186 g/mol. The molecule has 15 heavy (non-hydrogen) atoms. The predicted octanol–water partition coefficient (Wildman–Crippen LogP) is 2.57. The quantitative estimate of drug-likeness (QED) is 0.780. The fourth-order valence-corrected chi connectivity index (χ4v) is 1.92. The van der Waals surface area contributed by atoms with Gasteiger partial charge in [-0.25, -0.2) is 0 Å². The van der Waals surface area contributed by atoms with Gasteiger partial charge in [-0.15, -0.1) is 0 Å². The van der Waals surface area contributed by atoms with Crippen LogP contribution in [0.4, 0.5) is 0 Å². The van der Waals surface area contributed by atoms with E-state index < -0.39 is 0 Å². The molecule has 0 amide bonds. The van der Waals surface area contributed by atoms with Gasteiger partial charge in [0.1, 0.15) is 0 Å². The van der Waals surface area contributed by atoms with Crippen molar-refractivity contribution in [1.82, 2.24) is 15.1 Å². The van der Waals surface area contributed by atoms with Crippen molar-refractivity contribution in [1.29, 1.82) is 0 Å². The van der Waals surface area contributed by atoms with E-state index in [-0.39, 0.29) is 0 Å². The summed E-state index contributed by atoms with van der Waals surface area (Å²) in [5.74, 6) is 0. The summed E-state index contributed by atoms with van der Waals surface area (Å²) in [6, 6.07) is 2.64. The van der Waals surface area contributed by atoms with E-state index in [1.54, 1.807) is 0 Å². The Hall–Kier alpha value is -0.830. The number of nitrogens with one attached hydrogen (secondary N) is 1. The maximum Gasteiger partial charge on any atom is 0.0597 e. The predicted molar refractivity (Wildman–Crippen MR) is 63.9 cm³/mol. The summed E-state index contributed by atoms with van der Waals surface area (Å²) in [7, 11) is 2.03. The zero-order valence-electron chi connectivity index (χ0n) is 10.4. The molecule has 1 N–H and O–H groups in total. The Labute approximate surface area is 92.9 Å². The monoisotopic (exact) mass is 209 g/mol. The fraction of sp³-hybridized carbons (Fsp3) is 0.750. The molecule has 0 saturated carbocycles. The van der Waals surface area contributed by atoms with Gasteiger partial charge in [-0.1, -0.05) is 20.3 Å². The maximum absolute atomic E-state index is 4.40. The Balaban J connectivity index is 2.73. The highest BCUT2D eigenvalue weighted by molar-refractivity contribution is 5.12. The van der Waals surface area contributed by atoms with Crippen molar-refractivity contribution in [2.24, 2.45) is 7.05 Å². The van der Waals surface area contributed by atoms with Crippen LogP contribution in [0.1, 0.15) is 50.5 Å². The molecule has 1 aromatic rings. The largest absolute Gasteiger partial charge is 0.309 e. The molecule has 3 nitrogen and oxygen atoms in total. The molecule has 0 saturated heterocycles. The Morgan fingerprint density at radius 1 is 1.40 bits per heavy atom. The summed E-state index contributed by atoms with van der Waals surface area (Å²) in [5.41, 5.74) is 2.41. The Bertz CT molecular complexity index is 291. The standard InChI is InChI=1S/C12H23N3/c1-5-7-11(13-8-6-2)12-9-10(3)14-15(12)4/h9,11,13H,5-8H2,1-4H3. The molecule has 3 heteroatoms. The number of hydrogen-bond donors (Lipinski definition) is 1. The van der Waals surface area contributed by atoms with Crippen LogP contribution >= 0.6 is 0 Å². The highest BCUT2D eigenvalue weighted by Gasteiger charge is 2.13. The molecule has 0 aliphatic heterocycles. The minimum atomic E-state index is 0.459. The van der Waals surface area contributed by atoms with Gasteiger partial charge in [0.25, 0.3) is 0 Å². The maximum atomic E-state index is 4.40. The van der Waals surface area contributed by atoms with E-state index in [2.05, 4.69) is 30.3 Å². The lowest BCUT2D eigenvalue weighted by atomic mass is 10.1. The van der Waals surface area contributed by atoms with E-state index in [0.717, 1.165) is 12.2 Å². The minimum Gasteiger partial charge on any atom is -0.309 e. The van der Waals surface area contributed by atoms with Crippen molar-refractivity contribution >= 4 is 0 Å². The molecule has 1 aromatic heterocycles. The Morgan fingerprint density at radius 3 is 2.60 bits per heavy atom. The number of aromatic nitrogens is 2. The summed E-state index contributed by atoms with van der Waals surface area (Å²) in [4.78, 5) is 0. The zero-order chi connectivity index (χ0) is 11.3. The average molecular weight is 209 g/mol. The molecule has 1 atom stereocenters. The van der Waals surface area contributed by atoms with Crippen molar-refractivity contribution in [3.05, 3.63) is 17.5 Å². The van der Waals surface area contributed by atoms with Crippen molar-refractivity contribution in [2.45, 2.75) is 46.1 Å². The second-order valence-corrected chi connectivity index (χ2v) is 4.13. The van der Waals surface area contributed by atoms with E-state index in [1.807, 2.05) is 18.7 Å². The van der Waals surface area contributed by atoms with Gasteiger partial charge in [0.05, 0.1) is 11.4 Å². The lowest BCUT2D eigenvalue weighted by Crippen LogP contribution is -2.24. The third kappa shape index (κ3) is 3.34. The molecule has 0 aliphatic carbocycles. The smallest absolute Gasteiger partial charge is 0.0597 e. The molecule has 86 valence electrons. The van der Waals surface area contributed by atoms with Gasteiger partial charge in [-0.05, 0) is 32.4 Å². The third-order valence-corrected chi connectivity index (χ3v) is 2.61. The van der Waals surface area contributed by atoms with Gasteiger partial charge in [0.15, 0.2) is 0 Å². The van der Waals surface area contributed by atoms with Crippen LogP contribution in [0.5, 0.6) is 0 Å². The van der Waals surface area contributed by atoms with Crippen LogP contribution in [0.2, 0.25) is 0 Å². The highest BCUT2D eigenvalue weighted by Crippen LogP contribution is 2.18. The van der Waals surface area contributed by atoms with E-state index in [9.17, 15) is 0 Å². The first-order chi connectivity index (χ1) is 7.19. The van der Waals surface area contributed by atoms with E-state index in [4.69, 9.17) is 0 Å². The van der Waals surface area contributed by atoms with Gasteiger partial charge in [0, 0.05) is 13.1 Å². The number of hydrogen-bond acceptors (Lipinski definition) is 2. The van der Waals surface area contributed by atoms with Crippen LogP contribution in [0.3, 0.4) is 0 Å². The van der Waals surface area contributed by atoms with Gasteiger partial charge >= 0.3 is 0 Å². The van der Waals surface area contributed by atoms with E-state index in [0.29, 0.717) is 6.04 Å². The van der Waals surface area contributed by atoms with Crippen LogP contribution in [0, 0.1) is 6.92 Å². The first-order valence-electron chi connectivity index (χ1n) is 5.93. The van der Waals surface area contributed by atoms with Crippen LogP contribution in [-0.2, 0) is 7.05 Å². The first-order valence-corrected chi connectivity index (χ1v) is 5.93. The molecule has 0 radical (unpaired) electrons. The molecule has 0 spiro atoms. The van der Waals surface area contributed by atoms with Crippen molar-refractivity contribution < 1.29 is 0 Å². The van der Waals surface area contributed by atoms with Crippen LogP contribution in [0.15, 0.2) is 6.07 Å². The normalized spacial score (nSPS) is 13.1. The fourth-order valence-electron chi connectivity index (χ4n) is 1.92. The molecular formula is C12H23N3. The minimum absolute atomic E-state index is 0.459. The van der Waals surface area contributed by atoms with Crippen LogP contribution in [-0.4, -0.2) is 16.3 Å². The SMILES string of the molecule is CCCNC(CCC)c1cc(C)nn1C. The van der Waals surface area contributed by atoms with Crippen molar-refractivity contribution in [3.63, 3.8) is 0 Å². The van der Waals surface area contributed by atoms with Crippen LogP contribution < -0.4 is 5.32 Å². The van der Waals surface area contributed by atoms with E-state index in [1.165, 1.54) is 25.0 Å². The molecule has 1 heterocycles. The summed E-state index contributed by atoms with van der Waals surface area (Å²) < 4.78 is 2.00. The number of nitrogens with zero attached hydrogens (tertiary/aromatic N) is 2. The van der Waals surface area contributed by atoms with Crippen molar-refractivity contribution in [2.75, 3.05) is 6.54 Å². The second kappa shape index (κ2) is 5.91. The average Bonchev–Trinajstić information content (AvgIpc) is 2.52. The summed E-state index contributed by atoms with van der Waals surface area (Å²) in [6.07, 6.45) is 3.56. The van der Waals surface area contributed by atoms with Gasteiger partial charge in [0.2, 0.25) is 0 Å². The zero-order valence-corrected chi connectivity index (χ0v) is 10.4. The van der Waals surface area contributed by atoms with Gasteiger partial charge < -0.3 is 5.32 Å². The Kier molecular flexibility index (Phi) is 4.82. The highest BCUT2D eigenvalue weighted by atomic mass is 15.3. The molecule has 0 aliphatic rings. The molecule has 0 aromatic carbocycles. The summed E-state index contributed by atoms with van der Waals surface area (Å²) in [6.45, 7) is 7.55. The second-order valence-electron chi connectivity index (χ2n) is 4.13. The lowest BCUT2D eigenvalue weighted by Gasteiger charge is -2.17. The molecule has 0 bridgehead atoms. The molecule has 1 unspecified atom stereocenters. The lowest BCUT2D eigenvalue weighted by molar-refractivity contribution is 0.464. The Morgan fingerprint density at radius 2 is 2.13 bits per heavy atom.